The van der Waals surface area contributed by atoms with E-state index in [1.54, 1.807) is 7.05 Å². The highest BCUT2D eigenvalue weighted by atomic mass is 32.2. The predicted molar refractivity (Wildman–Crippen MR) is 48.2 cm³/mol. The summed E-state index contributed by atoms with van der Waals surface area (Å²) < 4.78 is 21.4. The summed E-state index contributed by atoms with van der Waals surface area (Å²) in [5.74, 6) is 5.05. The third kappa shape index (κ3) is 4.78. The highest BCUT2D eigenvalue weighted by Gasteiger charge is 2.06. The van der Waals surface area contributed by atoms with Gasteiger partial charge in [-0.3, -0.25) is 0 Å². The molecule has 0 aliphatic rings. The first kappa shape index (κ1) is 11.0. The van der Waals surface area contributed by atoms with Crippen molar-refractivity contribution in [3.63, 3.8) is 0 Å². The van der Waals surface area contributed by atoms with Crippen molar-refractivity contribution < 1.29 is 8.42 Å². The molecule has 0 unspecified atom stereocenters. The van der Waals surface area contributed by atoms with Gasteiger partial charge in [0, 0.05) is 19.8 Å². The van der Waals surface area contributed by atoms with Crippen molar-refractivity contribution in [2.24, 2.45) is 16.7 Å². The van der Waals surface area contributed by atoms with Gasteiger partial charge in [0.05, 0.1) is 5.75 Å². The van der Waals surface area contributed by atoms with Crippen LogP contribution >= 0.6 is 0 Å². The Kier molecular flexibility index (Phi) is 3.81. The van der Waals surface area contributed by atoms with Crippen LogP contribution in [-0.2, 0) is 9.84 Å². The molecule has 6 nitrogen and oxygen atoms in total. The van der Waals surface area contributed by atoms with Crippen LogP contribution in [0.25, 0.3) is 0 Å². The number of hydrogen-bond acceptors (Lipinski definition) is 4. The third-order valence-electron chi connectivity index (χ3n) is 1.32. The van der Waals surface area contributed by atoms with Crippen molar-refractivity contribution in [2.75, 3.05) is 25.6 Å². The van der Waals surface area contributed by atoms with Gasteiger partial charge in [0.15, 0.2) is 0 Å². The number of hydrazone groups is 1. The molecule has 0 aromatic heterocycles. The fourth-order valence-electron chi connectivity index (χ4n) is 0.516. The quantitative estimate of drug-likeness (QED) is 0.238. The first-order chi connectivity index (χ1) is 5.37. The smallest absolute Gasteiger partial charge is 0.213 e. The van der Waals surface area contributed by atoms with Crippen LogP contribution in [0, 0.1) is 0 Å². The lowest BCUT2D eigenvalue weighted by Crippen LogP contribution is -2.37. The molecule has 72 valence electrons. The van der Waals surface area contributed by atoms with E-state index in [1.165, 1.54) is 4.90 Å². The lowest BCUT2D eigenvalue weighted by atomic mass is 10.6. The van der Waals surface area contributed by atoms with E-state index in [0.717, 1.165) is 6.26 Å². The van der Waals surface area contributed by atoms with Gasteiger partial charge < -0.3 is 16.5 Å². The SMILES string of the molecule is CN(CCS(C)(=O)=O)C(N)=NN. The first-order valence-corrected chi connectivity index (χ1v) is 5.35. The van der Waals surface area contributed by atoms with Gasteiger partial charge in [0.1, 0.15) is 9.84 Å². The van der Waals surface area contributed by atoms with Crippen molar-refractivity contribution in [3.05, 3.63) is 0 Å². The Labute approximate surface area is 72.1 Å². The summed E-state index contributed by atoms with van der Waals surface area (Å²) >= 11 is 0. The van der Waals surface area contributed by atoms with Gasteiger partial charge in [-0.1, -0.05) is 0 Å². The van der Waals surface area contributed by atoms with Gasteiger partial charge in [-0.05, 0) is 0 Å². The van der Waals surface area contributed by atoms with Crippen molar-refractivity contribution >= 4 is 15.8 Å². The maximum Gasteiger partial charge on any atom is 0.213 e. The van der Waals surface area contributed by atoms with Crippen LogP contribution in [0.3, 0.4) is 0 Å². The summed E-state index contributed by atoms with van der Waals surface area (Å²) in [4.78, 5) is 1.47. The largest absolute Gasteiger partial charge is 0.368 e. The number of rotatable bonds is 3. The number of hydrogen-bond donors (Lipinski definition) is 2. The van der Waals surface area contributed by atoms with Gasteiger partial charge in [0.2, 0.25) is 5.96 Å². The average Bonchev–Trinajstić information content (AvgIpc) is 1.97. The van der Waals surface area contributed by atoms with E-state index in [-0.39, 0.29) is 11.7 Å². The molecule has 0 aromatic rings. The van der Waals surface area contributed by atoms with E-state index in [9.17, 15) is 8.42 Å². The summed E-state index contributed by atoms with van der Waals surface area (Å²) in [6.45, 7) is 0.297. The number of nitrogens with zero attached hydrogens (tertiary/aromatic N) is 2. The monoisotopic (exact) mass is 194 g/mol. The fraction of sp³-hybridized carbons (Fsp3) is 0.800. The molecule has 0 radical (unpaired) electrons. The standard InChI is InChI=1S/C5H14N4O2S/c1-9(5(6)8-7)3-4-12(2,10)11/h3-4,7H2,1-2H3,(H2,6,8). The second-order valence-corrected chi connectivity index (χ2v) is 4.80. The Balaban J connectivity index is 3.97. The summed E-state index contributed by atoms with van der Waals surface area (Å²) in [5, 5.41) is 3.21. The van der Waals surface area contributed by atoms with Gasteiger partial charge in [-0.15, -0.1) is 5.10 Å². The van der Waals surface area contributed by atoms with Crippen molar-refractivity contribution in [3.8, 4) is 0 Å². The molecule has 12 heavy (non-hydrogen) atoms. The van der Waals surface area contributed by atoms with E-state index in [0.29, 0.717) is 6.54 Å². The second kappa shape index (κ2) is 4.15. The lowest BCUT2D eigenvalue weighted by Gasteiger charge is -2.15. The molecule has 0 saturated carbocycles. The van der Waals surface area contributed by atoms with Crippen LogP contribution in [0.5, 0.6) is 0 Å². The predicted octanol–water partition coefficient (Wildman–Crippen LogP) is -1.85. The summed E-state index contributed by atoms with van der Waals surface area (Å²) in [6.07, 6.45) is 1.16. The van der Waals surface area contributed by atoms with Crippen LogP contribution in [0.2, 0.25) is 0 Å². The Hall–Kier alpha value is -0.980. The molecule has 0 heterocycles. The lowest BCUT2D eigenvalue weighted by molar-refractivity contribution is 0.519. The Morgan fingerprint density at radius 1 is 1.58 bits per heavy atom. The van der Waals surface area contributed by atoms with Crippen molar-refractivity contribution in [1.29, 1.82) is 0 Å². The number of guanidine groups is 1. The molecule has 0 bridgehead atoms. The maximum atomic E-state index is 10.7. The Bertz CT molecular complexity index is 259. The molecule has 0 rings (SSSR count). The van der Waals surface area contributed by atoms with E-state index >= 15 is 0 Å². The Morgan fingerprint density at radius 3 is 2.42 bits per heavy atom. The molecule has 0 aliphatic carbocycles. The molecule has 0 atom stereocenters. The van der Waals surface area contributed by atoms with E-state index in [4.69, 9.17) is 11.6 Å². The van der Waals surface area contributed by atoms with Crippen LogP contribution in [0.15, 0.2) is 5.10 Å². The molecular formula is C5H14N4O2S. The zero-order chi connectivity index (χ0) is 9.78. The highest BCUT2D eigenvalue weighted by molar-refractivity contribution is 7.90. The molecule has 7 heteroatoms. The molecule has 0 fully saturated rings. The van der Waals surface area contributed by atoms with E-state index < -0.39 is 9.84 Å². The topological polar surface area (TPSA) is 102 Å². The molecule has 0 saturated heterocycles. The molecule has 0 spiro atoms. The minimum atomic E-state index is -2.95. The van der Waals surface area contributed by atoms with Gasteiger partial charge >= 0.3 is 0 Å². The number of nitrogens with two attached hydrogens (primary N) is 2. The minimum Gasteiger partial charge on any atom is -0.368 e. The molecular weight excluding hydrogens is 180 g/mol. The van der Waals surface area contributed by atoms with Crippen LogP contribution in [0.4, 0.5) is 0 Å². The molecule has 0 amide bonds. The summed E-state index contributed by atoms with van der Waals surface area (Å²) in [7, 11) is -1.33. The summed E-state index contributed by atoms with van der Waals surface area (Å²) in [6, 6.07) is 0. The molecule has 4 N–H and O–H groups in total. The van der Waals surface area contributed by atoms with Gasteiger partial charge in [-0.25, -0.2) is 8.42 Å². The van der Waals surface area contributed by atoms with Gasteiger partial charge in [0.25, 0.3) is 0 Å². The van der Waals surface area contributed by atoms with Crippen molar-refractivity contribution in [2.45, 2.75) is 0 Å². The first-order valence-electron chi connectivity index (χ1n) is 3.29. The van der Waals surface area contributed by atoms with E-state index in [1.807, 2.05) is 0 Å². The average molecular weight is 194 g/mol. The normalized spacial score (nSPS) is 13.0. The minimum absolute atomic E-state index is 0.0414. The van der Waals surface area contributed by atoms with Gasteiger partial charge in [-0.2, -0.15) is 0 Å². The third-order valence-corrected chi connectivity index (χ3v) is 2.25. The molecule has 0 aliphatic heterocycles. The zero-order valence-corrected chi connectivity index (χ0v) is 8.00. The second-order valence-electron chi connectivity index (χ2n) is 2.54. The van der Waals surface area contributed by atoms with Crippen LogP contribution in [0.1, 0.15) is 0 Å². The fourth-order valence-corrected chi connectivity index (χ4v) is 1.12. The van der Waals surface area contributed by atoms with Crippen molar-refractivity contribution in [1.82, 2.24) is 4.90 Å². The van der Waals surface area contributed by atoms with Crippen LogP contribution < -0.4 is 11.6 Å². The molecule has 0 aromatic carbocycles. The summed E-state index contributed by atoms with van der Waals surface area (Å²) in [5.41, 5.74) is 5.30. The Morgan fingerprint density at radius 2 is 2.08 bits per heavy atom. The number of sulfone groups is 1. The van der Waals surface area contributed by atoms with Crippen LogP contribution in [-0.4, -0.2) is 44.9 Å². The highest BCUT2D eigenvalue weighted by Crippen LogP contribution is 1.86. The zero-order valence-electron chi connectivity index (χ0n) is 7.19. The maximum absolute atomic E-state index is 10.7. The van der Waals surface area contributed by atoms with E-state index in [2.05, 4.69) is 5.10 Å².